The molecule has 2 aromatic heterocycles. The van der Waals surface area contributed by atoms with E-state index in [1.807, 2.05) is 13.0 Å². The van der Waals surface area contributed by atoms with E-state index >= 15 is 0 Å². The number of aryl methyl sites for hydroxylation is 3. The Kier molecular flexibility index (Phi) is 2.87. The minimum absolute atomic E-state index is 0.201. The molecule has 0 fully saturated rings. The summed E-state index contributed by atoms with van der Waals surface area (Å²) in [5, 5.41) is 5.06. The molecule has 0 amide bonds. The zero-order valence-electron chi connectivity index (χ0n) is 11.3. The summed E-state index contributed by atoms with van der Waals surface area (Å²) in [6, 6.07) is 5.40. The molecule has 0 radical (unpaired) electrons. The zero-order chi connectivity index (χ0) is 14.4. The molecule has 20 heavy (non-hydrogen) atoms. The van der Waals surface area contributed by atoms with Gasteiger partial charge >= 0.3 is 5.63 Å². The molecule has 0 saturated heterocycles. The molecule has 0 N–H and O–H groups in total. The smallest absolute Gasteiger partial charge is 0.347 e. The van der Waals surface area contributed by atoms with E-state index in [2.05, 4.69) is 10.1 Å². The number of para-hydroxylation sites is 1. The molecular formula is C14H12ClN3O2. The van der Waals surface area contributed by atoms with Crippen LogP contribution in [0.5, 0.6) is 0 Å². The van der Waals surface area contributed by atoms with Crippen LogP contribution >= 0.6 is 11.6 Å². The number of fused-ring (bicyclic) bond motifs is 1. The van der Waals surface area contributed by atoms with Gasteiger partial charge in [-0.3, -0.25) is 4.68 Å². The Hall–Kier alpha value is -2.14. The molecule has 0 spiro atoms. The topological polar surface area (TPSA) is 60.9 Å². The van der Waals surface area contributed by atoms with Crippen molar-refractivity contribution in [1.82, 2.24) is 14.8 Å². The van der Waals surface area contributed by atoms with Crippen LogP contribution in [0.3, 0.4) is 0 Å². The average molecular weight is 290 g/mol. The highest BCUT2D eigenvalue weighted by atomic mass is 35.5. The van der Waals surface area contributed by atoms with Gasteiger partial charge in [0, 0.05) is 7.05 Å². The van der Waals surface area contributed by atoms with Crippen LogP contribution in [0.1, 0.15) is 11.3 Å². The number of hydrogen-bond acceptors (Lipinski definition) is 4. The normalized spacial score (nSPS) is 11.2. The predicted molar refractivity (Wildman–Crippen MR) is 77.0 cm³/mol. The molecule has 0 bridgehead atoms. The van der Waals surface area contributed by atoms with Gasteiger partial charge in [-0.1, -0.05) is 23.7 Å². The van der Waals surface area contributed by atoms with Crippen LogP contribution in [-0.2, 0) is 7.05 Å². The van der Waals surface area contributed by atoms with E-state index in [-0.39, 0.29) is 5.89 Å². The molecule has 3 aromatic rings. The molecule has 0 aliphatic heterocycles. The van der Waals surface area contributed by atoms with Crippen molar-refractivity contribution < 1.29 is 4.42 Å². The Balaban J connectivity index is 2.39. The highest BCUT2D eigenvalue weighted by Crippen LogP contribution is 2.29. The van der Waals surface area contributed by atoms with Crippen LogP contribution in [-0.4, -0.2) is 14.8 Å². The summed E-state index contributed by atoms with van der Waals surface area (Å²) >= 11 is 6.19. The van der Waals surface area contributed by atoms with E-state index in [4.69, 9.17) is 16.0 Å². The number of hydrogen-bond donors (Lipinski definition) is 0. The Bertz CT molecular complexity index is 880. The lowest BCUT2D eigenvalue weighted by Crippen LogP contribution is -2.04. The molecule has 0 saturated carbocycles. The standard InChI is InChI=1S/C14H12ClN3O2/c1-7-5-4-6-9-11(7)16-13(20-14(9)19)10-8(2)17-18(3)12(10)15/h4-6H,1-3H3. The molecule has 1 aromatic carbocycles. The van der Waals surface area contributed by atoms with E-state index in [1.54, 1.807) is 26.1 Å². The third-order valence-corrected chi connectivity index (χ3v) is 3.66. The molecule has 6 heteroatoms. The number of aromatic nitrogens is 3. The van der Waals surface area contributed by atoms with E-state index in [9.17, 15) is 4.79 Å². The number of benzene rings is 1. The van der Waals surface area contributed by atoms with Crippen molar-refractivity contribution >= 4 is 22.5 Å². The maximum absolute atomic E-state index is 12.1. The van der Waals surface area contributed by atoms with Crippen LogP contribution in [0.4, 0.5) is 0 Å². The fourth-order valence-electron chi connectivity index (χ4n) is 2.22. The maximum Gasteiger partial charge on any atom is 0.347 e. The van der Waals surface area contributed by atoms with Crippen LogP contribution < -0.4 is 5.63 Å². The van der Waals surface area contributed by atoms with Crippen molar-refractivity contribution in [2.75, 3.05) is 0 Å². The lowest BCUT2D eigenvalue weighted by atomic mass is 10.1. The van der Waals surface area contributed by atoms with Crippen LogP contribution in [0.2, 0.25) is 5.15 Å². The van der Waals surface area contributed by atoms with Gasteiger partial charge in [-0.2, -0.15) is 5.10 Å². The number of halogens is 1. The number of rotatable bonds is 1. The maximum atomic E-state index is 12.1. The quantitative estimate of drug-likeness (QED) is 0.691. The van der Waals surface area contributed by atoms with E-state index in [0.29, 0.717) is 27.3 Å². The minimum atomic E-state index is -0.423. The first-order valence-electron chi connectivity index (χ1n) is 6.09. The second-order valence-electron chi connectivity index (χ2n) is 4.65. The second-order valence-corrected chi connectivity index (χ2v) is 5.01. The van der Waals surface area contributed by atoms with Crippen molar-refractivity contribution in [3.05, 3.63) is 45.0 Å². The third-order valence-electron chi connectivity index (χ3n) is 3.23. The molecule has 102 valence electrons. The minimum Gasteiger partial charge on any atom is -0.403 e. The van der Waals surface area contributed by atoms with Gasteiger partial charge in [-0.05, 0) is 25.5 Å². The van der Waals surface area contributed by atoms with E-state index in [0.717, 1.165) is 5.56 Å². The Morgan fingerprint density at radius 3 is 2.70 bits per heavy atom. The third kappa shape index (κ3) is 1.82. The van der Waals surface area contributed by atoms with Crippen molar-refractivity contribution in [3.8, 4) is 11.5 Å². The van der Waals surface area contributed by atoms with Gasteiger partial charge in [0.1, 0.15) is 5.15 Å². The summed E-state index contributed by atoms with van der Waals surface area (Å²) in [5.74, 6) is 0.201. The highest BCUT2D eigenvalue weighted by Gasteiger charge is 2.19. The summed E-state index contributed by atoms with van der Waals surface area (Å²) in [5.41, 5.74) is 2.33. The summed E-state index contributed by atoms with van der Waals surface area (Å²) in [6.07, 6.45) is 0. The zero-order valence-corrected chi connectivity index (χ0v) is 12.0. The van der Waals surface area contributed by atoms with E-state index in [1.165, 1.54) is 4.68 Å². The van der Waals surface area contributed by atoms with Crippen molar-refractivity contribution in [3.63, 3.8) is 0 Å². The lowest BCUT2D eigenvalue weighted by molar-refractivity contribution is 0.518. The first-order valence-corrected chi connectivity index (χ1v) is 6.46. The van der Waals surface area contributed by atoms with Gasteiger partial charge in [0.05, 0.1) is 22.2 Å². The number of nitrogens with zero attached hydrogens (tertiary/aromatic N) is 3. The Morgan fingerprint density at radius 1 is 1.30 bits per heavy atom. The highest BCUT2D eigenvalue weighted by molar-refractivity contribution is 6.32. The SMILES string of the molecule is Cc1nn(C)c(Cl)c1-c1nc2c(C)cccc2c(=O)o1. The molecule has 2 heterocycles. The fraction of sp³-hybridized carbons (Fsp3) is 0.214. The average Bonchev–Trinajstić information content (AvgIpc) is 2.64. The summed E-state index contributed by atoms with van der Waals surface area (Å²) in [7, 11) is 1.73. The summed E-state index contributed by atoms with van der Waals surface area (Å²) < 4.78 is 6.83. The Labute approximate surface area is 119 Å². The van der Waals surface area contributed by atoms with Gasteiger partial charge in [-0.15, -0.1) is 0 Å². The van der Waals surface area contributed by atoms with Gasteiger partial charge in [0.2, 0.25) is 5.89 Å². The first kappa shape index (κ1) is 12.9. The molecule has 0 aliphatic carbocycles. The molecule has 0 unspecified atom stereocenters. The van der Waals surface area contributed by atoms with Gasteiger partial charge in [-0.25, -0.2) is 9.78 Å². The summed E-state index contributed by atoms with van der Waals surface area (Å²) in [4.78, 5) is 16.5. The van der Waals surface area contributed by atoms with Gasteiger partial charge in [0.25, 0.3) is 0 Å². The van der Waals surface area contributed by atoms with Crippen LogP contribution in [0.25, 0.3) is 22.4 Å². The van der Waals surface area contributed by atoms with Crippen molar-refractivity contribution in [1.29, 1.82) is 0 Å². The van der Waals surface area contributed by atoms with Crippen molar-refractivity contribution in [2.45, 2.75) is 13.8 Å². The molecule has 0 aliphatic rings. The van der Waals surface area contributed by atoms with Crippen LogP contribution in [0.15, 0.2) is 27.4 Å². The van der Waals surface area contributed by atoms with Gasteiger partial charge in [0.15, 0.2) is 0 Å². The summed E-state index contributed by atoms with van der Waals surface area (Å²) in [6.45, 7) is 3.70. The monoisotopic (exact) mass is 289 g/mol. The predicted octanol–water partition coefficient (Wildman–Crippen LogP) is 2.86. The van der Waals surface area contributed by atoms with Crippen molar-refractivity contribution in [2.24, 2.45) is 7.05 Å². The van der Waals surface area contributed by atoms with Gasteiger partial charge < -0.3 is 4.42 Å². The molecule has 5 nitrogen and oxygen atoms in total. The largest absolute Gasteiger partial charge is 0.403 e. The molecule has 3 rings (SSSR count). The lowest BCUT2D eigenvalue weighted by Gasteiger charge is -2.03. The second kappa shape index (κ2) is 4.45. The van der Waals surface area contributed by atoms with E-state index < -0.39 is 5.63 Å². The molecule has 0 atom stereocenters. The fourth-order valence-corrected chi connectivity index (χ4v) is 2.47. The Morgan fingerprint density at radius 2 is 2.05 bits per heavy atom. The van der Waals surface area contributed by atoms with Crippen LogP contribution in [0, 0.1) is 13.8 Å². The molecular weight excluding hydrogens is 278 g/mol. The first-order chi connectivity index (χ1) is 9.49.